The third kappa shape index (κ3) is 3.85. The van der Waals surface area contributed by atoms with Gasteiger partial charge in [-0.1, -0.05) is 0 Å². The number of ketones is 1. The fourth-order valence-electron chi connectivity index (χ4n) is 6.07. The number of aromatic nitrogens is 4. The maximum atomic E-state index is 13.0. The zero-order valence-electron chi connectivity index (χ0n) is 21.9. The van der Waals surface area contributed by atoms with Crippen LogP contribution in [-0.2, 0) is 27.8 Å². The van der Waals surface area contributed by atoms with Crippen molar-refractivity contribution in [2.24, 2.45) is 5.92 Å². The van der Waals surface area contributed by atoms with Crippen LogP contribution in [0.2, 0.25) is 0 Å². The summed E-state index contributed by atoms with van der Waals surface area (Å²) in [5.41, 5.74) is 3.66. The van der Waals surface area contributed by atoms with Crippen LogP contribution in [0.25, 0.3) is 33.6 Å². The fraction of sp³-hybridized carbons (Fsp3) is 0.429. The predicted molar refractivity (Wildman–Crippen MR) is 146 cm³/mol. The lowest BCUT2D eigenvalue weighted by molar-refractivity contribution is 0.0601. The molecule has 202 valence electrons. The number of methoxy groups -OCH3 is 1. The third-order valence-electron chi connectivity index (χ3n) is 8.17. The molecule has 0 unspecified atom stereocenters. The first kappa shape index (κ1) is 24.3. The second kappa shape index (κ2) is 8.64. The summed E-state index contributed by atoms with van der Waals surface area (Å²) in [6.07, 6.45) is 4.03. The number of fused-ring (bicyclic) bond motifs is 1. The quantitative estimate of drug-likeness (QED) is 0.345. The summed E-state index contributed by atoms with van der Waals surface area (Å²) in [7, 11) is -2.11. The molecule has 0 N–H and O–H groups in total. The van der Waals surface area contributed by atoms with E-state index in [1.165, 1.54) is 11.4 Å². The molecular weight excluding hydrogens is 518 g/mol. The Morgan fingerprint density at radius 2 is 1.95 bits per heavy atom. The number of carbonyl (C=O) groups excluding carboxylic acids is 2. The summed E-state index contributed by atoms with van der Waals surface area (Å²) >= 11 is 0. The maximum Gasteiger partial charge on any atom is 0.337 e. The molecule has 2 fully saturated rings. The van der Waals surface area contributed by atoms with Crippen LogP contribution in [0.15, 0.2) is 30.3 Å². The van der Waals surface area contributed by atoms with E-state index in [2.05, 4.69) is 9.13 Å². The summed E-state index contributed by atoms with van der Waals surface area (Å²) in [6, 6.07) is 8.90. The van der Waals surface area contributed by atoms with Crippen molar-refractivity contribution in [2.45, 2.75) is 58.2 Å². The van der Waals surface area contributed by atoms with Gasteiger partial charge in [0.15, 0.2) is 11.6 Å². The number of aryl methyl sites for hydroxylation is 1. The van der Waals surface area contributed by atoms with Crippen LogP contribution in [0.4, 0.5) is 5.82 Å². The molecule has 2 aliphatic heterocycles. The Hall–Kier alpha value is -3.73. The molecule has 1 aromatic carbocycles. The maximum absolute atomic E-state index is 13.0. The minimum absolute atomic E-state index is 0.0219. The molecule has 3 aromatic heterocycles. The van der Waals surface area contributed by atoms with E-state index < -0.39 is 16.0 Å². The Balaban J connectivity index is 1.44. The summed E-state index contributed by atoms with van der Waals surface area (Å²) in [4.78, 5) is 35.0. The molecule has 7 rings (SSSR count). The number of pyridine rings is 1. The smallest absolute Gasteiger partial charge is 0.337 e. The number of nitrogens with zero attached hydrogens (tertiary/aromatic N) is 5. The second-order valence-corrected chi connectivity index (χ2v) is 12.9. The first-order chi connectivity index (χ1) is 18.7. The Bertz CT molecular complexity index is 1800. The zero-order chi connectivity index (χ0) is 27.1. The monoisotopic (exact) mass is 547 g/mol. The van der Waals surface area contributed by atoms with Gasteiger partial charge in [0.05, 0.1) is 35.2 Å². The Morgan fingerprint density at radius 3 is 2.69 bits per heavy atom. The number of esters is 1. The van der Waals surface area contributed by atoms with Crippen molar-refractivity contribution >= 4 is 49.7 Å². The highest BCUT2D eigenvalue weighted by molar-refractivity contribution is 7.92. The predicted octanol–water partition coefficient (Wildman–Crippen LogP) is 4.15. The van der Waals surface area contributed by atoms with Crippen LogP contribution < -0.4 is 4.31 Å². The first-order valence-electron chi connectivity index (χ1n) is 13.4. The number of benzene rings is 1. The van der Waals surface area contributed by atoms with Crippen molar-refractivity contribution in [3.05, 3.63) is 41.5 Å². The van der Waals surface area contributed by atoms with E-state index in [9.17, 15) is 18.0 Å². The van der Waals surface area contributed by atoms with Crippen molar-refractivity contribution in [3.8, 4) is 11.5 Å². The summed E-state index contributed by atoms with van der Waals surface area (Å²) in [6.45, 7) is 3.17. The van der Waals surface area contributed by atoms with Gasteiger partial charge >= 0.3 is 5.97 Å². The Morgan fingerprint density at radius 1 is 1.13 bits per heavy atom. The van der Waals surface area contributed by atoms with E-state index in [0.29, 0.717) is 53.6 Å². The molecule has 4 aromatic rings. The van der Waals surface area contributed by atoms with Crippen molar-refractivity contribution < 1.29 is 22.7 Å². The standard InChI is InChI=1S/C28H29N5O5S/c1-16-4-3-11-39(36,37)33(16)24-8-7-18-14-22(32(26(18)30-24)15-17-5-6-17)27-29-21-13-19(28(35)38-2)12-20-23(34)9-10-31(27)25(20)21/h7-8,12-14,16-17H,3-6,9-11,15H2,1-2H3/t16-/m0/s1. The van der Waals surface area contributed by atoms with Crippen molar-refractivity contribution in [1.29, 1.82) is 0 Å². The number of imidazole rings is 1. The number of hydrogen-bond acceptors (Lipinski definition) is 7. The van der Waals surface area contributed by atoms with Crippen LogP contribution >= 0.6 is 0 Å². The Kier molecular flexibility index (Phi) is 5.39. The molecule has 0 radical (unpaired) electrons. The van der Waals surface area contributed by atoms with Crippen molar-refractivity contribution in [2.75, 3.05) is 17.2 Å². The molecular formula is C28H29N5O5S. The van der Waals surface area contributed by atoms with E-state index in [1.54, 1.807) is 18.2 Å². The van der Waals surface area contributed by atoms with Crippen LogP contribution in [0, 0.1) is 5.92 Å². The van der Waals surface area contributed by atoms with Gasteiger partial charge in [0, 0.05) is 36.5 Å². The molecule has 1 atom stereocenters. The van der Waals surface area contributed by atoms with Gasteiger partial charge in [0.2, 0.25) is 10.0 Å². The lowest BCUT2D eigenvalue weighted by Crippen LogP contribution is -2.44. The summed E-state index contributed by atoms with van der Waals surface area (Å²) in [5.74, 6) is 1.28. The van der Waals surface area contributed by atoms with E-state index in [0.717, 1.165) is 48.1 Å². The van der Waals surface area contributed by atoms with Crippen LogP contribution in [-0.4, -0.2) is 58.2 Å². The van der Waals surface area contributed by atoms with Gasteiger partial charge in [-0.05, 0) is 68.9 Å². The van der Waals surface area contributed by atoms with Crippen molar-refractivity contribution in [1.82, 2.24) is 19.1 Å². The highest BCUT2D eigenvalue weighted by atomic mass is 32.2. The van der Waals surface area contributed by atoms with Crippen LogP contribution in [0.1, 0.15) is 59.7 Å². The molecule has 1 saturated carbocycles. The molecule has 39 heavy (non-hydrogen) atoms. The molecule has 0 bridgehead atoms. The number of anilines is 1. The average Bonchev–Trinajstić information content (AvgIpc) is 3.56. The van der Waals surface area contributed by atoms with E-state index >= 15 is 0 Å². The molecule has 3 aliphatic rings. The molecule has 1 aliphatic carbocycles. The van der Waals surface area contributed by atoms with Gasteiger partial charge in [0.1, 0.15) is 11.5 Å². The number of sulfonamides is 1. The van der Waals surface area contributed by atoms with E-state index in [4.69, 9.17) is 14.7 Å². The molecule has 0 spiro atoms. The first-order valence-corrected chi connectivity index (χ1v) is 15.0. The van der Waals surface area contributed by atoms with E-state index in [-0.39, 0.29) is 17.6 Å². The normalized spacial score (nSPS) is 20.6. The number of carbonyl (C=O) groups is 2. The van der Waals surface area contributed by atoms with Gasteiger partial charge in [-0.15, -0.1) is 0 Å². The van der Waals surface area contributed by atoms with Gasteiger partial charge in [-0.2, -0.15) is 0 Å². The molecule has 11 heteroatoms. The molecule has 10 nitrogen and oxygen atoms in total. The van der Waals surface area contributed by atoms with Crippen LogP contribution in [0.5, 0.6) is 0 Å². The number of Topliss-reactive ketones (excluding diaryl/α,β-unsaturated/α-hetero) is 1. The highest BCUT2D eigenvalue weighted by Crippen LogP contribution is 2.39. The minimum Gasteiger partial charge on any atom is -0.465 e. The second-order valence-electron chi connectivity index (χ2n) is 10.9. The third-order valence-corrected chi connectivity index (χ3v) is 10.1. The molecule has 1 saturated heterocycles. The number of rotatable bonds is 5. The molecule has 5 heterocycles. The van der Waals surface area contributed by atoms with Gasteiger partial charge in [-0.25, -0.2) is 23.2 Å². The summed E-state index contributed by atoms with van der Waals surface area (Å²) < 4.78 is 36.6. The van der Waals surface area contributed by atoms with Gasteiger partial charge < -0.3 is 13.9 Å². The minimum atomic E-state index is -3.43. The number of ether oxygens (including phenoxy) is 1. The summed E-state index contributed by atoms with van der Waals surface area (Å²) in [5, 5.41) is 0.902. The largest absolute Gasteiger partial charge is 0.465 e. The van der Waals surface area contributed by atoms with Gasteiger partial charge in [-0.3, -0.25) is 9.10 Å². The lowest BCUT2D eigenvalue weighted by atomic mass is 10.00. The number of hydrogen-bond donors (Lipinski definition) is 0. The van der Waals surface area contributed by atoms with Gasteiger partial charge in [0.25, 0.3) is 0 Å². The highest BCUT2D eigenvalue weighted by Gasteiger charge is 2.34. The lowest BCUT2D eigenvalue weighted by Gasteiger charge is -2.33. The average molecular weight is 548 g/mol. The molecule has 0 amide bonds. The topological polar surface area (TPSA) is 116 Å². The van der Waals surface area contributed by atoms with Crippen LogP contribution in [0.3, 0.4) is 0 Å². The fourth-order valence-corrected chi connectivity index (χ4v) is 7.83. The Labute approximate surface area is 225 Å². The zero-order valence-corrected chi connectivity index (χ0v) is 22.7. The van der Waals surface area contributed by atoms with Crippen molar-refractivity contribution in [3.63, 3.8) is 0 Å². The van der Waals surface area contributed by atoms with E-state index in [1.807, 2.05) is 19.1 Å². The SMILES string of the molecule is COC(=O)c1cc2c3c(c1)nc(-c1cc4ccc(N5[C@@H](C)CCCS5(=O)=O)nc4n1CC1CC1)n3CCC2=O.